The number of anilines is 1. The summed E-state index contributed by atoms with van der Waals surface area (Å²) in [5.74, 6) is 0.615. The number of pyridine rings is 1. The molecule has 0 radical (unpaired) electrons. The minimum Gasteiger partial charge on any atom is -0.494 e. The molecule has 0 saturated heterocycles. The minimum atomic E-state index is -0.175. The summed E-state index contributed by atoms with van der Waals surface area (Å²) in [7, 11) is 0. The molecule has 0 bridgehead atoms. The summed E-state index contributed by atoms with van der Waals surface area (Å²) in [5, 5.41) is 2.78. The van der Waals surface area contributed by atoms with Gasteiger partial charge in [0.05, 0.1) is 6.61 Å². The van der Waals surface area contributed by atoms with Crippen LogP contribution in [0.4, 0.5) is 5.69 Å². The second-order valence-electron chi connectivity index (χ2n) is 4.06. The largest absolute Gasteiger partial charge is 0.494 e. The van der Waals surface area contributed by atoms with Crippen molar-refractivity contribution in [2.75, 3.05) is 11.9 Å². The molecule has 1 N–H and O–H groups in total. The first-order valence-corrected chi connectivity index (χ1v) is 6.40. The fourth-order valence-corrected chi connectivity index (χ4v) is 1.63. The summed E-state index contributed by atoms with van der Waals surface area (Å²) in [6.07, 6.45) is 6.60. The topological polar surface area (TPSA) is 51.2 Å². The Bertz CT molecular complexity index is 577. The molecular weight excluding hydrogens is 252 g/mol. The average Bonchev–Trinajstić information content (AvgIpc) is 2.49. The van der Waals surface area contributed by atoms with Gasteiger partial charge in [-0.05, 0) is 55.0 Å². The van der Waals surface area contributed by atoms with Gasteiger partial charge in [-0.2, -0.15) is 0 Å². The highest BCUT2D eigenvalue weighted by molar-refractivity contribution is 6.01. The lowest BCUT2D eigenvalue weighted by molar-refractivity contribution is -0.111. The van der Waals surface area contributed by atoms with Crippen molar-refractivity contribution in [2.45, 2.75) is 6.92 Å². The van der Waals surface area contributed by atoms with E-state index in [1.165, 1.54) is 6.08 Å². The van der Waals surface area contributed by atoms with Crippen LogP contribution < -0.4 is 10.1 Å². The van der Waals surface area contributed by atoms with Crippen molar-refractivity contribution in [3.05, 3.63) is 60.4 Å². The zero-order valence-electron chi connectivity index (χ0n) is 11.2. The first-order chi connectivity index (χ1) is 9.78. The number of rotatable bonds is 5. The van der Waals surface area contributed by atoms with Crippen LogP contribution >= 0.6 is 0 Å². The third-order valence-electron chi connectivity index (χ3n) is 2.57. The molecule has 1 heterocycles. The van der Waals surface area contributed by atoms with Crippen molar-refractivity contribution in [3.63, 3.8) is 0 Å². The second kappa shape index (κ2) is 7.09. The van der Waals surface area contributed by atoms with Gasteiger partial charge < -0.3 is 10.1 Å². The van der Waals surface area contributed by atoms with E-state index in [9.17, 15) is 4.79 Å². The van der Waals surface area contributed by atoms with Gasteiger partial charge in [-0.25, -0.2) is 0 Å². The van der Waals surface area contributed by atoms with Crippen molar-refractivity contribution in [1.82, 2.24) is 4.98 Å². The van der Waals surface area contributed by atoms with Crippen molar-refractivity contribution in [2.24, 2.45) is 0 Å². The second-order valence-corrected chi connectivity index (χ2v) is 4.06. The number of amides is 1. The molecule has 1 amide bonds. The number of ether oxygens (including phenoxy) is 1. The number of nitrogens with one attached hydrogen (secondary N) is 1. The number of aromatic nitrogens is 1. The third kappa shape index (κ3) is 4.24. The summed E-state index contributed by atoms with van der Waals surface area (Å²) in [4.78, 5) is 15.7. The van der Waals surface area contributed by atoms with E-state index in [4.69, 9.17) is 4.74 Å². The average molecular weight is 268 g/mol. The molecule has 1 aromatic heterocycles. The minimum absolute atomic E-state index is 0.175. The van der Waals surface area contributed by atoms with Crippen LogP contribution in [-0.4, -0.2) is 17.5 Å². The van der Waals surface area contributed by atoms with Crippen LogP contribution in [-0.2, 0) is 4.79 Å². The fourth-order valence-electron chi connectivity index (χ4n) is 1.63. The Morgan fingerprint density at radius 2 is 1.90 bits per heavy atom. The van der Waals surface area contributed by atoms with Gasteiger partial charge in [0.25, 0.3) is 0 Å². The van der Waals surface area contributed by atoms with Crippen LogP contribution in [0, 0.1) is 0 Å². The molecule has 2 aromatic rings. The molecule has 0 unspecified atom stereocenters. The molecule has 4 heteroatoms. The van der Waals surface area contributed by atoms with E-state index < -0.39 is 0 Å². The van der Waals surface area contributed by atoms with Crippen molar-refractivity contribution in [1.29, 1.82) is 0 Å². The van der Waals surface area contributed by atoms with Gasteiger partial charge in [0.15, 0.2) is 0 Å². The Kier molecular flexibility index (Phi) is 4.89. The molecule has 4 nitrogen and oxygen atoms in total. The molecule has 2 rings (SSSR count). The number of benzene rings is 1. The van der Waals surface area contributed by atoms with Gasteiger partial charge in [-0.15, -0.1) is 0 Å². The van der Waals surface area contributed by atoms with Crippen LogP contribution in [0.3, 0.4) is 0 Å². The lowest BCUT2D eigenvalue weighted by Crippen LogP contribution is -2.07. The van der Waals surface area contributed by atoms with Gasteiger partial charge in [0.1, 0.15) is 5.75 Å². The lowest BCUT2D eigenvalue weighted by Gasteiger charge is -2.05. The third-order valence-corrected chi connectivity index (χ3v) is 2.57. The summed E-state index contributed by atoms with van der Waals surface area (Å²) in [6, 6.07) is 10.9. The number of carbonyl (C=O) groups is 1. The first kappa shape index (κ1) is 13.8. The van der Waals surface area contributed by atoms with Crippen LogP contribution in [0.1, 0.15) is 12.5 Å². The van der Waals surface area contributed by atoms with E-state index in [1.807, 2.05) is 43.3 Å². The molecule has 0 spiro atoms. The van der Waals surface area contributed by atoms with Crippen molar-refractivity contribution in [3.8, 4) is 5.75 Å². The monoisotopic (exact) mass is 268 g/mol. The summed E-state index contributed by atoms with van der Waals surface area (Å²) in [5.41, 5.74) is 1.67. The van der Waals surface area contributed by atoms with E-state index in [1.54, 1.807) is 18.5 Å². The highest BCUT2D eigenvalue weighted by Gasteiger charge is 1.98. The van der Waals surface area contributed by atoms with Crippen LogP contribution in [0.25, 0.3) is 6.08 Å². The van der Waals surface area contributed by atoms with E-state index in [-0.39, 0.29) is 5.91 Å². The highest BCUT2D eigenvalue weighted by atomic mass is 16.5. The van der Waals surface area contributed by atoms with Crippen molar-refractivity contribution < 1.29 is 9.53 Å². The van der Waals surface area contributed by atoms with E-state index in [0.29, 0.717) is 6.61 Å². The normalized spacial score (nSPS) is 10.4. The van der Waals surface area contributed by atoms with Gasteiger partial charge in [0, 0.05) is 24.2 Å². The van der Waals surface area contributed by atoms with E-state index in [2.05, 4.69) is 10.3 Å². The quantitative estimate of drug-likeness (QED) is 0.848. The van der Waals surface area contributed by atoms with Gasteiger partial charge in [-0.3, -0.25) is 9.78 Å². The smallest absolute Gasteiger partial charge is 0.248 e. The van der Waals surface area contributed by atoms with Crippen LogP contribution in [0.5, 0.6) is 5.75 Å². The van der Waals surface area contributed by atoms with Gasteiger partial charge in [-0.1, -0.05) is 0 Å². The Labute approximate surface area is 118 Å². The highest BCUT2D eigenvalue weighted by Crippen LogP contribution is 2.15. The zero-order chi connectivity index (χ0) is 14.2. The number of carbonyl (C=O) groups excluding carboxylic acids is 1. The Balaban J connectivity index is 1.92. The predicted molar refractivity (Wildman–Crippen MR) is 79.5 cm³/mol. The number of hydrogen-bond acceptors (Lipinski definition) is 3. The SMILES string of the molecule is CCOc1ccc(NC(=O)C=Cc2ccncc2)cc1. The van der Waals surface area contributed by atoms with Gasteiger partial charge >= 0.3 is 0 Å². The Morgan fingerprint density at radius 3 is 2.55 bits per heavy atom. The lowest BCUT2D eigenvalue weighted by atomic mass is 10.2. The molecule has 0 aliphatic rings. The molecule has 102 valence electrons. The molecule has 0 atom stereocenters. The Hall–Kier alpha value is -2.62. The zero-order valence-corrected chi connectivity index (χ0v) is 11.2. The summed E-state index contributed by atoms with van der Waals surface area (Å²) in [6.45, 7) is 2.56. The molecule has 0 aliphatic carbocycles. The molecule has 0 fully saturated rings. The van der Waals surface area contributed by atoms with E-state index >= 15 is 0 Å². The maximum absolute atomic E-state index is 11.8. The van der Waals surface area contributed by atoms with E-state index in [0.717, 1.165) is 17.0 Å². The first-order valence-electron chi connectivity index (χ1n) is 6.40. The molecule has 1 aromatic carbocycles. The summed E-state index contributed by atoms with van der Waals surface area (Å²) < 4.78 is 5.34. The number of nitrogens with zero attached hydrogens (tertiary/aromatic N) is 1. The maximum atomic E-state index is 11.8. The molecule has 0 saturated carbocycles. The Morgan fingerprint density at radius 1 is 1.20 bits per heavy atom. The predicted octanol–water partition coefficient (Wildman–Crippen LogP) is 3.13. The molecular formula is C16H16N2O2. The van der Waals surface area contributed by atoms with Crippen molar-refractivity contribution >= 4 is 17.7 Å². The van der Waals surface area contributed by atoms with Crippen LogP contribution in [0.15, 0.2) is 54.9 Å². The molecule has 0 aliphatic heterocycles. The van der Waals surface area contributed by atoms with Gasteiger partial charge in [0.2, 0.25) is 5.91 Å². The number of hydrogen-bond donors (Lipinski definition) is 1. The fraction of sp³-hybridized carbons (Fsp3) is 0.125. The standard InChI is InChI=1S/C16H16N2O2/c1-2-20-15-6-4-14(5-7-15)18-16(19)8-3-13-9-11-17-12-10-13/h3-12H,2H2,1H3,(H,18,19). The maximum Gasteiger partial charge on any atom is 0.248 e. The molecule has 20 heavy (non-hydrogen) atoms. The van der Waals surface area contributed by atoms with Crippen LogP contribution in [0.2, 0.25) is 0 Å². The summed E-state index contributed by atoms with van der Waals surface area (Å²) >= 11 is 0.